The Labute approximate surface area is 186 Å². The molecule has 1 amide bonds. The van der Waals surface area contributed by atoms with Gasteiger partial charge in [-0.2, -0.15) is 0 Å². The van der Waals surface area contributed by atoms with Crippen molar-refractivity contribution in [3.05, 3.63) is 77.9 Å². The Morgan fingerprint density at radius 2 is 1.72 bits per heavy atom. The highest BCUT2D eigenvalue weighted by Crippen LogP contribution is 2.30. The standard InChI is InChI=1S/C23H22N2O6S/c1-29-19-8-6-18(7-9-19)25-32(27,28)20-4-2-3-17(14-20)23(26)24-15-16-5-10-21-22(13-16)31-12-11-30-21/h2-10,13-14,25H,11-12,15H2,1H3,(H,24,26). The first-order valence-electron chi connectivity index (χ1n) is 9.88. The second-order valence-electron chi connectivity index (χ2n) is 7.02. The third-order valence-corrected chi connectivity index (χ3v) is 6.19. The van der Waals surface area contributed by atoms with Crippen LogP contribution >= 0.6 is 0 Å². The van der Waals surface area contributed by atoms with Crippen LogP contribution in [0.5, 0.6) is 17.2 Å². The van der Waals surface area contributed by atoms with Gasteiger partial charge in [0, 0.05) is 17.8 Å². The van der Waals surface area contributed by atoms with Gasteiger partial charge in [0.2, 0.25) is 0 Å². The Morgan fingerprint density at radius 3 is 2.47 bits per heavy atom. The number of fused-ring (bicyclic) bond motifs is 1. The highest BCUT2D eigenvalue weighted by Gasteiger charge is 2.17. The lowest BCUT2D eigenvalue weighted by Gasteiger charge is -2.19. The van der Waals surface area contributed by atoms with Crippen molar-refractivity contribution in [2.24, 2.45) is 0 Å². The van der Waals surface area contributed by atoms with Crippen molar-refractivity contribution in [3.8, 4) is 17.2 Å². The molecule has 3 aromatic carbocycles. The van der Waals surface area contributed by atoms with Gasteiger partial charge < -0.3 is 19.5 Å². The van der Waals surface area contributed by atoms with Crippen LogP contribution in [0.25, 0.3) is 0 Å². The molecule has 1 aliphatic rings. The maximum Gasteiger partial charge on any atom is 0.261 e. The summed E-state index contributed by atoms with van der Waals surface area (Å²) in [7, 11) is -2.34. The SMILES string of the molecule is COc1ccc(NS(=O)(=O)c2cccc(C(=O)NCc3ccc4c(c3)OCCO4)c2)cc1. The van der Waals surface area contributed by atoms with Gasteiger partial charge in [-0.25, -0.2) is 8.42 Å². The molecule has 3 aromatic rings. The van der Waals surface area contributed by atoms with Crippen LogP contribution in [0.1, 0.15) is 15.9 Å². The number of carbonyl (C=O) groups excluding carboxylic acids is 1. The largest absolute Gasteiger partial charge is 0.497 e. The Morgan fingerprint density at radius 1 is 0.969 bits per heavy atom. The molecule has 0 fully saturated rings. The summed E-state index contributed by atoms with van der Waals surface area (Å²) in [5, 5.41) is 2.80. The van der Waals surface area contributed by atoms with Crippen LogP contribution in [0.2, 0.25) is 0 Å². The lowest BCUT2D eigenvalue weighted by atomic mass is 10.1. The number of carbonyl (C=O) groups is 1. The third-order valence-electron chi connectivity index (χ3n) is 4.81. The fourth-order valence-electron chi connectivity index (χ4n) is 3.16. The van der Waals surface area contributed by atoms with Crippen molar-refractivity contribution in [2.75, 3.05) is 25.0 Å². The van der Waals surface area contributed by atoms with E-state index >= 15 is 0 Å². The first-order valence-corrected chi connectivity index (χ1v) is 11.4. The molecule has 2 N–H and O–H groups in total. The Balaban J connectivity index is 1.43. The molecule has 0 bridgehead atoms. The molecule has 0 aliphatic carbocycles. The summed E-state index contributed by atoms with van der Waals surface area (Å²) in [4.78, 5) is 12.6. The molecular formula is C23H22N2O6S. The molecule has 0 spiro atoms. The molecule has 0 saturated carbocycles. The van der Waals surface area contributed by atoms with Gasteiger partial charge in [-0.3, -0.25) is 9.52 Å². The summed E-state index contributed by atoms with van der Waals surface area (Å²) in [6.07, 6.45) is 0. The molecule has 0 atom stereocenters. The van der Waals surface area contributed by atoms with Crippen molar-refractivity contribution >= 4 is 21.6 Å². The van der Waals surface area contributed by atoms with Crippen LogP contribution in [-0.4, -0.2) is 34.6 Å². The van der Waals surface area contributed by atoms with Crippen molar-refractivity contribution < 1.29 is 27.4 Å². The molecule has 8 nitrogen and oxygen atoms in total. The molecular weight excluding hydrogens is 432 g/mol. The minimum atomic E-state index is -3.87. The van der Waals surface area contributed by atoms with E-state index in [9.17, 15) is 13.2 Å². The van der Waals surface area contributed by atoms with E-state index in [-0.39, 0.29) is 22.9 Å². The van der Waals surface area contributed by atoms with Crippen LogP contribution in [-0.2, 0) is 16.6 Å². The second-order valence-corrected chi connectivity index (χ2v) is 8.70. The highest BCUT2D eigenvalue weighted by molar-refractivity contribution is 7.92. The zero-order valence-electron chi connectivity index (χ0n) is 17.3. The molecule has 4 rings (SSSR count). The van der Waals surface area contributed by atoms with Crippen LogP contribution in [0, 0.1) is 0 Å². The van der Waals surface area contributed by atoms with E-state index in [1.807, 2.05) is 12.1 Å². The van der Waals surface area contributed by atoms with Crippen LogP contribution < -0.4 is 24.2 Å². The Bertz CT molecular complexity index is 1230. The van der Waals surface area contributed by atoms with E-state index in [0.29, 0.717) is 36.1 Å². The minimum absolute atomic E-state index is 0.0136. The van der Waals surface area contributed by atoms with Crippen molar-refractivity contribution in [3.63, 3.8) is 0 Å². The lowest BCUT2D eigenvalue weighted by Crippen LogP contribution is -2.23. The molecule has 0 radical (unpaired) electrons. The van der Waals surface area contributed by atoms with Gasteiger partial charge in [0.05, 0.1) is 12.0 Å². The summed E-state index contributed by atoms with van der Waals surface area (Å²) in [5.74, 6) is 1.54. The number of hydrogen-bond donors (Lipinski definition) is 2. The van der Waals surface area contributed by atoms with Crippen LogP contribution in [0.15, 0.2) is 71.6 Å². The number of benzene rings is 3. The van der Waals surface area contributed by atoms with Gasteiger partial charge in [0.25, 0.3) is 15.9 Å². The third kappa shape index (κ3) is 4.94. The maximum atomic E-state index is 12.7. The number of anilines is 1. The first-order chi connectivity index (χ1) is 15.4. The van der Waals surface area contributed by atoms with Crippen molar-refractivity contribution in [1.82, 2.24) is 5.32 Å². The number of ether oxygens (including phenoxy) is 3. The molecule has 0 aromatic heterocycles. The van der Waals surface area contributed by atoms with E-state index in [1.54, 1.807) is 36.4 Å². The van der Waals surface area contributed by atoms with Gasteiger partial charge in [-0.05, 0) is 60.2 Å². The van der Waals surface area contributed by atoms with Crippen molar-refractivity contribution in [2.45, 2.75) is 11.4 Å². The molecule has 1 aliphatic heterocycles. The van der Waals surface area contributed by atoms with Crippen LogP contribution in [0.3, 0.4) is 0 Å². The minimum Gasteiger partial charge on any atom is -0.497 e. The van der Waals surface area contributed by atoms with Gasteiger partial charge in [-0.1, -0.05) is 12.1 Å². The van der Waals surface area contributed by atoms with E-state index in [4.69, 9.17) is 14.2 Å². The monoisotopic (exact) mass is 454 g/mol. The summed E-state index contributed by atoms with van der Waals surface area (Å²) in [6, 6.07) is 17.8. The smallest absolute Gasteiger partial charge is 0.261 e. The molecule has 9 heteroatoms. The first kappa shape index (κ1) is 21.5. The second kappa shape index (κ2) is 9.19. The highest BCUT2D eigenvalue weighted by atomic mass is 32.2. The summed E-state index contributed by atoms with van der Waals surface area (Å²) >= 11 is 0. The average Bonchev–Trinajstić information content (AvgIpc) is 2.82. The van der Waals surface area contributed by atoms with Gasteiger partial charge in [0.15, 0.2) is 11.5 Å². The number of methoxy groups -OCH3 is 1. The summed E-state index contributed by atoms with van der Waals surface area (Å²) in [6.45, 7) is 1.25. The van der Waals surface area contributed by atoms with E-state index < -0.39 is 10.0 Å². The zero-order valence-corrected chi connectivity index (χ0v) is 18.1. The van der Waals surface area contributed by atoms with Crippen molar-refractivity contribution in [1.29, 1.82) is 0 Å². The summed E-state index contributed by atoms with van der Waals surface area (Å²) < 4.78 is 44.1. The predicted molar refractivity (Wildman–Crippen MR) is 119 cm³/mol. The van der Waals surface area contributed by atoms with Crippen LogP contribution in [0.4, 0.5) is 5.69 Å². The molecule has 0 saturated heterocycles. The number of sulfonamides is 1. The van der Waals surface area contributed by atoms with Gasteiger partial charge in [-0.15, -0.1) is 0 Å². The topological polar surface area (TPSA) is 103 Å². The average molecular weight is 455 g/mol. The molecule has 1 heterocycles. The quantitative estimate of drug-likeness (QED) is 0.568. The summed E-state index contributed by atoms with van der Waals surface area (Å²) in [5.41, 5.74) is 1.46. The number of hydrogen-bond acceptors (Lipinski definition) is 6. The normalized spacial score (nSPS) is 12.7. The molecule has 166 valence electrons. The Hall–Kier alpha value is -3.72. The van der Waals surface area contributed by atoms with Gasteiger partial charge in [0.1, 0.15) is 19.0 Å². The Kier molecular flexibility index (Phi) is 6.18. The van der Waals surface area contributed by atoms with E-state index in [2.05, 4.69) is 10.0 Å². The fraction of sp³-hybridized carbons (Fsp3) is 0.174. The number of nitrogens with one attached hydrogen (secondary N) is 2. The lowest BCUT2D eigenvalue weighted by molar-refractivity contribution is 0.0950. The number of amides is 1. The molecule has 0 unspecified atom stereocenters. The predicted octanol–water partition coefficient (Wildman–Crippen LogP) is 3.20. The van der Waals surface area contributed by atoms with Gasteiger partial charge >= 0.3 is 0 Å². The van der Waals surface area contributed by atoms with E-state index in [0.717, 1.165) is 5.56 Å². The molecule has 32 heavy (non-hydrogen) atoms. The maximum absolute atomic E-state index is 12.7. The fourth-order valence-corrected chi connectivity index (χ4v) is 4.26. The van der Waals surface area contributed by atoms with E-state index in [1.165, 1.54) is 25.3 Å². The number of rotatable bonds is 7. The zero-order chi connectivity index (χ0) is 22.6.